The van der Waals surface area contributed by atoms with Gasteiger partial charge in [0.2, 0.25) is 0 Å². The van der Waals surface area contributed by atoms with Gasteiger partial charge in [0.05, 0.1) is 6.10 Å². The molecule has 0 aliphatic heterocycles. The lowest BCUT2D eigenvalue weighted by atomic mass is 10.2. The number of hydrogen-bond donors (Lipinski definition) is 2. The first kappa shape index (κ1) is 12.6. The van der Waals surface area contributed by atoms with Gasteiger partial charge in [-0.1, -0.05) is 13.3 Å². The summed E-state index contributed by atoms with van der Waals surface area (Å²) in [7, 11) is 0. The van der Waals surface area contributed by atoms with Crippen LogP contribution < -0.4 is 10.5 Å². The Hall–Kier alpha value is -1.85. The van der Waals surface area contributed by atoms with Crippen molar-refractivity contribution in [3.05, 3.63) is 5.82 Å². The van der Waals surface area contributed by atoms with Crippen LogP contribution in [0.2, 0.25) is 0 Å². The van der Waals surface area contributed by atoms with E-state index in [0.717, 1.165) is 30.6 Å². The van der Waals surface area contributed by atoms with Crippen LogP contribution in [0, 0.1) is 0 Å². The molecule has 6 nitrogen and oxygen atoms in total. The summed E-state index contributed by atoms with van der Waals surface area (Å²) in [6.07, 6.45) is 3.14. The zero-order chi connectivity index (χ0) is 13.1. The Kier molecular flexibility index (Phi) is 3.64. The lowest BCUT2D eigenvalue weighted by Gasteiger charge is -2.08. The number of nitrogens with two attached hydrogens (primary N) is 1. The zero-order valence-electron chi connectivity index (χ0n) is 11.0. The van der Waals surface area contributed by atoms with Crippen LogP contribution in [0.5, 0.6) is 5.88 Å². The van der Waals surface area contributed by atoms with Crippen molar-refractivity contribution in [2.75, 3.05) is 5.73 Å². The van der Waals surface area contributed by atoms with Gasteiger partial charge in [-0.3, -0.25) is 0 Å². The molecule has 0 fully saturated rings. The third kappa shape index (κ3) is 2.52. The number of rotatable bonds is 5. The summed E-state index contributed by atoms with van der Waals surface area (Å²) in [5.74, 6) is 1.70. The minimum Gasteiger partial charge on any atom is -0.472 e. The van der Waals surface area contributed by atoms with Crippen LogP contribution in [-0.4, -0.2) is 26.3 Å². The number of hydrogen-bond acceptors (Lipinski definition) is 5. The van der Waals surface area contributed by atoms with Crippen molar-refractivity contribution >= 4 is 16.9 Å². The van der Waals surface area contributed by atoms with Crippen molar-refractivity contribution in [1.82, 2.24) is 20.2 Å². The molecule has 0 atom stereocenters. The van der Waals surface area contributed by atoms with Crippen LogP contribution in [0.15, 0.2) is 0 Å². The van der Waals surface area contributed by atoms with E-state index in [9.17, 15) is 0 Å². The van der Waals surface area contributed by atoms with Crippen LogP contribution in [0.25, 0.3) is 11.0 Å². The second-order valence-corrected chi connectivity index (χ2v) is 4.57. The molecule has 98 valence electrons. The lowest BCUT2D eigenvalue weighted by Crippen LogP contribution is -2.08. The third-order valence-corrected chi connectivity index (χ3v) is 2.57. The molecule has 2 aromatic rings. The Morgan fingerprint density at radius 1 is 1.33 bits per heavy atom. The van der Waals surface area contributed by atoms with Gasteiger partial charge in [0.1, 0.15) is 16.9 Å². The number of fused-ring (bicyclic) bond motifs is 1. The number of aryl methyl sites for hydroxylation is 1. The summed E-state index contributed by atoms with van der Waals surface area (Å²) in [5.41, 5.74) is 7.17. The Morgan fingerprint density at radius 3 is 2.78 bits per heavy atom. The standard InChI is InChI=1S/C12H19N5O/c1-4-5-6-8-14-9-10(15-8)12(18-7(2)3)17-16-11(9)13/h7H,4-6H2,1-3H3,(H2,13,16)(H,14,15). The highest BCUT2D eigenvalue weighted by Gasteiger charge is 2.14. The van der Waals surface area contributed by atoms with Gasteiger partial charge in [0.25, 0.3) is 5.88 Å². The van der Waals surface area contributed by atoms with Gasteiger partial charge in [-0.2, -0.15) is 0 Å². The molecular weight excluding hydrogens is 230 g/mol. The highest BCUT2D eigenvalue weighted by Crippen LogP contribution is 2.25. The number of nitrogens with one attached hydrogen (secondary N) is 1. The Morgan fingerprint density at radius 2 is 2.11 bits per heavy atom. The van der Waals surface area contributed by atoms with Crippen molar-refractivity contribution in [2.24, 2.45) is 0 Å². The number of unbranched alkanes of at least 4 members (excludes halogenated alkanes) is 1. The predicted octanol–water partition coefficient (Wildman–Crippen LogP) is 2.06. The smallest absolute Gasteiger partial charge is 0.260 e. The number of ether oxygens (including phenoxy) is 1. The van der Waals surface area contributed by atoms with E-state index in [4.69, 9.17) is 10.5 Å². The van der Waals surface area contributed by atoms with Gasteiger partial charge in [0, 0.05) is 6.42 Å². The maximum absolute atomic E-state index is 5.79. The number of aromatic nitrogens is 4. The van der Waals surface area contributed by atoms with Crippen LogP contribution in [0.3, 0.4) is 0 Å². The first-order valence-electron chi connectivity index (χ1n) is 6.29. The molecule has 0 unspecified atom stereocenters. The predicted molar refractivity (Wildman–Crippen MR) is 70.5 cm³/mol. The summed E-state index contributed by atoms with van der Waals surface area (Å²) < 4.78 is 5.60. The fourth-order valence-corrected chi connectivity index (χ4v) is 1.73. The normalized spacial score (nSPS) is 11.3. The van der Waals surface area contributed by atoms with Crippen LogP contribution in [0.1, 0.15) is 39.4 Å². The largest absolute Gasteiger partial charge is 0.472 e. The van der Waals surface area contributed by atoms with E-state index in [-0.39, 0.29) is 6.10 Å². The van der Waals surface area contributed by atoms with E-state index >= 15 is 0 Å². The molecule has 2 heterocycles. The molecule has 6 heteroatoms. The number of anilines is 1. The molecule has 0 aliphatic rings. The average molecular weight is 249 g/mol. The molecule has 0 saturated heterocycles. The zero-order valence-corrected chi connectivity index (χ0v) is 11.0. The van der Waals surface area contributed by atoms with E-state index in [1.165, 1.54) is 0 Å². The lowest BCUT2D eigenvalue weighted by molar-refractivity contribution is 0.233. The first-order valence-corrected chi connectivity index (χ1v) is 6.29. The molecule has 0 amide bonds. The number of nitrogen functional groups attached to an aromatic ring is 1. The van der Waals surface area contributed by atoms with Gasteiger partial charge in [-0.05, 0) is 20.3 Å². The molecule has 0 bridgehead atoms. The Labute approximate surface area is 106 Å². The Balaban J connectivity index is 2.41. The van der Waals surface area contributed by atoms with Crippen molar-refractivity contribution < 1.29 is 4.74 Å². The van der Waals surface area contributed by atoms with Crippen molar-refractivity contribution in [1.29, 1.82) is 0 Å². The summed E-state index contributed by atoms with van der Waals surface area (Å²) in [4.78, 5) is 7.68. The molecule has 0 aromatic carbocycles. The highest BCUT2D eigenvalue weighted by atomic mass is 16.5. The molecule has 0 saturated carbocycles. The summed E-state index contributed by atoms with van der Waals surface area (Å²) in [5, 5.41) is 7.85. The molecule has 2 rings (SSSR count). The minimum absolute atomic E-state index is 0.0357. The van der Waals surface area contributed by atoms with Gasteiger partial charge >= 0.3 is 0 Å². The van der Waals surface area contributed by atoms with E-state index in [1.54, 1.807) is 0 Å². The van der Waals surface area contributed by atoms with Gasteiger partial charge in [-0.25, -0.2) is 4.98 Å². The third-order valence-electron chi connectivity index (χ3n) is 2.57. The van der Waals surface area contributed by atoms with Crippen LogP contribution >= 0.6 is 0 Å². The van der Waals surface area contributed by atoms with E-state index in [2.05, 4.69) is 27.1 Å². The highest BCUT2D eigenvalue weighted by molar-refractivity contribution is 5.87. The van der Waals surface area contributed by atoms with E-state index in [0.29, 0.717) is 17.2 Å². The quantitative estimate of drug-likeness (QED) is 0.846. The monoisotopic (exact) mass is 249 g/mol. The number of imidazole rings is 1. The van der Waals surface area contributed by atoms with Gasteiger partial charge < -0.3 is 15.5 Å². The van der Waals surface area contributed by atoms with Crippen molar-refractivity contribution in [2.45, 2.75) is 46.1 Å². The number of nitrogens with zero attached hydrogens (tertiary/aromatic N) is 3. The Bertz CT molecular complexity index is 534. The van der Waals surface area contributed by atoms with Crippen molar-refractivity contribution in [3.63, 3.8) is 0 Å². The molecule has 0 radical (unpaired) electrons. The topological polar surface area (TPSA) is 89.7 Å². The summed E-state index contributed by atoms with van der Waals surface area (Å²) >= 11 is 0. The number of H-pyrrole nitrogens is 1. The van der Waals surface area contributed by atoms with Gasteiger partial charge in [-0.15, -0.1) is 10.2 Å². The number of aromatic amines is 1. The van der Waals surface area contributed by atoms with Crippen molar-refractivity contribution in [3.8, 4) is 5.88 Å². The molecule has 3 N–H and O–H groups in total. The van der Waals surface area contributed by atoms with Crippen LogP contribution in [0.4, 0.5) is 5.82 Å². The minimum atomic E-state index is 0.0357. The fourth-order valence-electron chi connectivity index (χ4n) is 1.73. The van der Waals surface area contributed by atoms with E-state index in [1.807, 2.05) is 13.8 Å². The van der Waals surface area contributed by atoms with E-state index < -0.39 is 0 Å². The molecule has 18 heavy (non-hydrogen) atoms. The first-order chi connectivity index (χ1) is 8.61. The maximum atomic E-state index is 5.79. The van der Waals surface area contributed by atoms with Gasteiger partial charge in [0.15, 0.2) is 5.82 Å². The maximum Gasteiger partial charge on any atom is 0.260 e. The molecular formula is C12H19N5O. The molecule has 2 aromatic heterocycles. The molecule has 0 spiro atoms. The second kappa shape index (κ2) is 5.20. The summed E-state index contributed by atoms with van der Waals surface area (Å²) in [6, 6.07) is 0. The van der Waals surface area contributed by atoms with Crippen LogP contribution in [-0.2, 0) is 6.42 Å². The molecule has 0 aliphatic carbocycles. The SMILES string of the molecule is CCCCc1nc2c(N)nnc(OC(C)C)c2[nH]1. The summed E-state index contributed by atoms with van der Waals surface area (Å²) in [6.45, 7) is 6.03. The second-order valence-electron chi connectivity index (χ2n) is 4.57. The average Bonchev–Trinajstić information content (AvgIpc) is 2.75. The fraction of sp³-hybridized carbons (Fsp3) is 0.583.